The summed E-state index contributed by atoms with van der Waals surface area (Å²) in [4.78, 5) is 49.8. The number of benzene rings is 2. The molecule has 1 heterocycles. The number of aryl methyl sites for hydroxylation is 2. The highest BCUT2D eigenvalue weighted by atomic mass is 32.2. The number of carbonyl (C=O) groups excluding carboxylic acids is 4. The van der Waals surface area contributed by atoms with E-state index < -0.39 is 23.7 Å². The van der Waals surface area contributed by atoms with Crippen LogP contribution in [0, 0.1) is 13.8 Å². The average Bonchev–Trinajstić information content (AvgIpc) is 3.07. The summed E-state index contributed by atoms with van der Waals surface area (Å²) >= 11 is 0.737. The fourth-order valence-corrected chi connectivity index (χ4v) is 4.05. The minimum atomic E-state index is -0.652. The number of hydrogen-bond donors (Lipinski definition) is 1. The minimum absolute atomic E-state index is 0.159. The predicted octanol–water partition coefficient (Wildman–Crippen LogP) is 3.93. The first-order valence-electron chi connectivity index (χ1n) is 10.8. The van der Waals surface area contributed by atoms with Crippen LogP contribution in [-0.4, -0.2) is 54.8 Å². The lowest BCUT2D eigenvalue weighted by molar-refractivity contribution is -0.146. The number of anilines is 1. The molecule has 0 saturated carbocycles. The number of hydrogen-bond acceptors (Lipinski definition) is 8. The van der Waals surface area contributed by atoms with Crippen LogP contribution in [0.2, 0.25) is 0 Å². The van der Waals surface area contributed by atoms with Crippen LogP contribution >= 0.6 is 11.8 Å². The Labute approximate surface area is 207 Å². The molecule has 184 valence electrons. The quantitative estimate of drug-likeness (QED) is 0.409. The Balaban J connectivity index is 1.67. The lowest BCUT2D eigenvalue weighted by Crippen LogP contribution is -2.34. The van der Waals surface area contributed by atoms with Crippen molar-refractivity contribution >= 4 is 46.5 Å². The number of nitrogens with zero attached hydrogens (tertiary/aromatic N) is 1. The number of nitrogens with one attached hydrogen (secondary N) is 1. The van der Waals surface area contributed by atoms with E-state index >= 15 is 0 Å². The molecular weight excluding hydrogens is 472 g/mol. The van der Waals surface area contributed by atoms with Crippen LogP contribution in [0.3, 0.4) is 0 Å². The fraction of sp³-hybridized carbons (Fsp3) is 0.280. The molecule has 1 aliphatic heterocycles. The van der Waals surface area contributed by atoms with Gasteiger partial charge in [0.15, 0.2) is 18.1 Å². The van der Waals surface area contributed by atoms with Gasteiger partial charge in [-0.1, -0.05) is 18.2 Å². The van der Waals surface area contributed by atoms with Gasteiger partial charge in [0, 0.05) is 5.69 Å². The van der Waals surface area contributed by atoms with Crippen molar-refractivity contribution in [1.82, 2.24) is 4.90 Å². The summed E-state index contributed by atoms with van der Waals surface area (Å²) in [5.74, 6) is -0.850. The fourth-order valence-electron chi connectivity index (χ4n) is 3.22. The molecule has 0 spiro atoms. The normalized spacial score (nSPS) is 14.3. The van der Waals surface area contributed by atoms with E-state index in [9.17, 15) is 19.2 Å². The molecule has 0 atom stereocenters. The van der Waals surface area contributed by atoms with E-state index in [1.165, 1.54) is 13.2 Å². The van der Waals surface area contributed by atoms with Crippen LogP contribution in [0.5, 0.6) is 11.5 Å². The van der Waals surface area contributed by atoms with E-state index in [2.05, 4.69) is 5.32 Å². The Morgan fingerprint density at radius 3 is 2.57 bits per heavy atom. The van der Waals surface area contributed by atoms with Crippen LogP contribution in [0.25, 0.3) is 6.08 Å². The molecule has 1 fully saturated rings. The SMILES string of the molecule is CCOC(=O)CN1C(=O)S/C(=C\c2ccc(OCC(=O)Nc3cc(C)ccc3C)c(OC)c2)C1=O. The van der Waals surface area contributed by atoms with E-state index in [-0.39, 0.29) is 24.0 Å². The largest absolute Gasteiger partial charge is 0.493 e. The topological polar surface area (TPSA) is 111 Å². The molecule has 2 aromatic carbocycles. The summed E-state index contributed by atoms with van der Waals surface area (Å²) in [6.45, 7) is 4.99. The van der Waals surface area contributed by atoms with E-state index in [4.69, 9.17) is 14.2 Å². The summed E-state index contributed by atoms with van der Waals surface area (Å²) < 4.78 is 15.8. The van der Waals surface area contributed by atoms with E-state index in [0.717, 1.165) is 33.5 Å². The number of thioether (sulfide) groups is 1. The van der Waals surface area contributed by atoms with Gasteiger partial charge in [0.1, 0.15) is 6.54 Å². The monoisotopic (exact) mass is 498 g/mol. The van der Waals surface area contributed by atoms with Crippen molar-refractivity contribution in [2.45, 2.75) is 20.8 Å². The minimum Gasteiger partial charge on any atom is -0.493 e. The molecule has 1 aliphatic rings. The highest BCUT2D eigenvalue weighted by Gasteiger charge is 2.36. The molecule has 0 bridgehead atoms. The second-order valence-electron chi connectivity index (χ2n) is 7.64. The lowest BCUT2D eigenvalue weighted by atomic mass is 10.1. The van der Waals surface area contributed by atoms with Gasteiger partial charge in [-0.25, -0.2) is 0 Å². The molecule has 9 nitrogen and oxygen atoms in total. The molecule has 2 aromatic rings. The maximum atomic E-state index is 12.6. The molecule has 0 radical (unpaired) electrons. The Hall–Kier alpha value is -3.79. The molecule has 1 saturated heterocycles. The van der Waals surface area contributed by atoms with Crippen LogP contribution in [0.15, 0.2) is 41.3 Å². The number of carbonyl (C=O) groups is 4. The van der Waals surface area contributed by atoms with Crippen molar-refractivity contribution in [2.75, 3.05) is 32.2 Å². The number of rotatable bonds is 9. The second kappa shape index (κ2) is 11.6. The molecule has 10 heteroatoms. The Bertz CT molecular complexity index is 1190. The van der Waals surface area contributed by atoms with Gasteiger partial charge in [-0.2, -0.15) is 0 Å². The van der Waals surface area contributed by atoms with Crippen LogP contribution in [-0.2, 0) is 19.1 Å². The number of imide groups is 1. The molecular formula is C25H26N2O7S. The maximum absolute atomic E-state index is 12.6. The Kier molecular flexibility index (Phi) is 8.53. The Morgan fingerprint density at radius 2 is 1.86 bits per heavy atom. The van der Waals surface area contributed by atoms with Crippen molar-refractivity contribution in [2.24, 2.45) is 0 Å². The van der Waals surface area contributed by atoms with Gasteiger partial charge < -0.3 is 19.5 Å². The molecule has 0 aromatic heterocycles. The van der Waals surface area contributed by atoms with Crippen LogP contribution in [0.4, 0.5) is 10.5 Å². The van der Waals surface area contributed by atoms with Gasteiger partial charge in [0.05, 0.1) is 18.6 Å². The third kappa shape index (κ3) is 6.63. The van der Waals surface area contributed by atoms with Crippen molar-refractivity contribution in [3.63, 3.8) is 0 Å². The van der Waals surface area contributed by atoms with E-state index in [1.807, 2.05) is 32.0 Å². The molecule has 35 heavy (non-hydrogen) atoms. The first-order chi connectivity index (χ1) is 16.7. The molecule has 1 N–H and O–H groups in total. The first-order valence-corrected chi connectivity index (χ1v) is 11.6. The highest BCUT2D eigenvalue weighted by Crippen LogP contribution is 2.34. The molecule has 3 amide bonds. The van der Waals surface area contributed by atoms with Gasteiger partial charge in [-0.05, 0) is 73.5 Å². The summed E-state index contributed by atoms with van der Waals surface area (Å²) in [6, 6.07) is 10.7. The Morgan fingerprint density at radius 1 is 1.09 bits per heavy atom. The molecule has 0 aliphatic carbocycles. The summed E-state index contributed by atoms with van der Waals surface area (Å²) in [5.41, 5.74) is 3.27. The summed E-state index contributed by atoms with van der Waals surface area (Å²) in [5, 5.41) is 2.28. The summed E-state index contributed by atoms with van der Waals surface area (Å²) in [7, 11) is 1.45. The van der Waals surface area contributed by atoms with Gasteiger partial charge in [0.25, 0.3) is 17.1 Å². The van der Waals surface area contributed by atoms with Gasteiger partial charge >= 0.3 is 5.97 Å². The van der Waals surface area contributed by atoms with Gasteiger partial charge in [0.2, 0.25) is 0 Å². The van der Waals surface area contributed by atoms with Crippen LogP contribution in [0.1, 0.15) is 23.6 Å². The van der Waals surface area contributed by atoms with Gasteiger partial charge in [-0.15, -0.1) is 0 Å². The second-order valence-corrected chi connectivity index (χ2v) is 8.63. The van der Waals surface area contributed by atoms with Crippen LogP contribution < -0.4 is 14.8 Å². The zero-order valence-corrected chi connectivity index (χ0v) is 20.7. The average molecular weight is 499 g/mol. The number of esters is 1. The van der Waals surface area contributed by atoms with E-state index in [1.54, 1.807) is 25.1 Å². The molecule has 0 unspecified atom stereocenters. The maximum Gasteiger partial charge on any atom is 0.326 e. The zero-order chi connectivity index (χ0) is 25.5. The smallest absolute Gasteiger partial charge is 0.326 e. The standard InChI is InChI=1S/C25H26N2O7S/c1-5-33-23(29)13-27-24(30)21(35-25(27)31)12-17-8-9-19(20(11-17)32-4)34-14-22(28)26-18-10-15(2)6-7-16(18)3/h6-12H,5,13-14H2,1-4H3,(H,26,28)/b21-12-. The van der Waals surface area contributed by atoms with Gasteiger partial charge in [-0.3, -0.25) is 24.1 Å². The van der Waals surface area contributed by atoms with Crippen molar-refractivity contribution in [3.05, 3.63) is 58.0 Å². The van der Waals surface area contributed by atoms with E-state index in [0.29, 0.717) is 17.1 Å². The zero-order valence-electron chi connectivity index (χ0n) is 19.9. The number of ether oxygens (including phenoxy) is 3. The highest BCUT2D eigenvalue weighted by molar-refractivity contribution is 8.18. The number of amides is 3. The lowest BCUT2D eigenvalue weighted by Gasteiger charge is -2.13. The third-order valence-electron chi connectivity index (χ3n) is 4.98. The number of methoxy groups -OCH3 is 1. The first kappa shape index (κ1) is 25.8. The third-order valence-corrected chi connectivity index (χ3v) is 5.88. The van der Waals surface area contributed by atoms with Crippen molar-refractivity contribution in [1.29, 1.82) is 0 Å². The predicted molar refractivity (Wildman–Crippen MR) is 132 cm³/mol. The van der Waals surface area contributed by atoms with Crippen molar-refractivity contribution < 1.29 is 33.4 Å². The summed E-state index contributed by atoms with van der Waals surface area (Å²) in [6.07, 6.45) is 1.52. The van der Waals surface area contributed by atoms with Crippen molar-refractivity contribution in [3.8, 4) is 11.5 Å². The molecule has 3 rings (SSSR count).